The van der Waals surface area contributed by atoms with Crippen molar-refractivity contribution in [1.29, 1.82) is 5.26 Å². The van der Waals surface area contributed by atoms with E-state index in [-0.39, 0.29) is 11.7 Å². The molecule has 2 aromatic carbocycles. The third kappa shape index (κ3) is 7.08. The zero-order valence-corrected chi connectivity index (χ0v) is 18.4. The molecule has 0 aliphatic rings. The van der Waals surface area contributed by atoms with Crippen molar-refractivity contribution in [1.82, 2.24) is 0 Å². The topological polar surface area (TPSA) is 120 Å². The largest absolute Gasteiger partial charge is 0.508 e. The standard InChI is InChI=1S/C22H21IN2O5/c1-14(4-2-3-5-20(27)28)21(18-12-16(23)8-11-19(18)26)30-22(29)25-17-9-6-15(13-24)7-10-17/h3,5-12,14,21,26H,2,4H2,1H3,(H,25,29)(H,27,28)/b5-3+/t14-,21-/m1/s1. The third-order valence-corrected chi connectivity index (χ3v) is 5.03. The van der Waals surface area contributed by atoms with Gasteiger partial charge in [-0.2, -0.15) is 5.26 Å². The van der Waals surface area contributed by atoms with Crippen LogP contribution < -0.4 is 5.32 Å². The van der Waals surface area contributed by atoms with Crippen LogP contribution in [0.1, 0.15) is 37.0 Å². The SMILES string of the molecule is C[C@H](CC/C=C/C(=O)O)[C@@H](OC(=O)Nc1ccc(C#N)cc1)c1cc(I)ccc1O. The summed E-state index contributed by atoms with van der Waals surface area (Å²) in [4.78, 5) is 23.1. The van der Waals surface area contributed by atoms with Gasteiger partial charge in [-0.1, -0.05) is 13.0 Å². The second kappa shape index (κ2) is 11.2. The van der Waals surface area contributed by atoms with Gasteiger partial charge < -0.3 is 14.9 Å². The smallest absolute Gasteiger partial charge is 0.412 e. The second-order valence-electron chi connectivity index (χ2n) is 6.64. The molecule has 2 aromatic rings. The Labute approximate surface area is 188 Å². The molecule has 0 aliphatic heterocycles. The number of nitriles is 1. The second-order valence-corrected chi connectivity index (χ2v) is 7.88. The zero-order valence-electron chi connectivity index (χ0n) is 16.2. The van der Waals surface area contributed by atoms with Gasteiger partial charge >= 0.3 is 12.1 Å². The highest BCUT2D eigenvalue weighted by atomic mass is 127. The van der Waals surface area contributed by atoms with E-state index < -0.39 is 18.2 Å². The Bertz CT molecular complexity index is 966. The highest BCUT2D eigenvalue weighted by Gasteiger charge is 2.26. The molecular formula is C22H21IN2O5. The molecule has 0 aromatic heterocycles. The predicted octanol–water partition coefficient (Wildman–Crippen LogP) is 5.22. The Morgan fingerprint density at radius 1 is 1.27 bits per heavy atom. The summed E-state index contributed by atoms with van der Waals surface area (Å²) in [7, 11) is 0. The molecule has 0 bridgehead atoms. The van der Waals surface area contributed by atoms with E-state index >= 15 is 0 Å². The highest BCUT2D eigenvalue weighted by Crippen LogP contribution is 2.36. The summed E-state index contributed by atoms with van der Waals surface area (Å²) >= 11 is 2.11. The number of ether oxygens (including phenoxy) is 1. The lowest BCUT2D eigenvalue weighted by atomic mass is 9.92. The number of carboxylic acids is 1. The number of amides is 1. The maximum atomic E-state index is 12.5. The summed E-state index contributed by atoms with van der Waals surface area (Å²) in [6.45, 7) is 1.87. The fraction of sp³-hybridized carbons (Fsp3) is 0.227. The number of rotatable bonds is 8. The Balaban J connectivity index is 2.17. The zero-order chi connectivity index (χ0) is 22.1. The minimum Gasteiger partial charge on any atom is -0.508 e. The quantitative estimate of drug-likeness (QED) is 0.325. The van der Waals surface area contributed by atoms with Crippen molar-refractivity contribution < 1.29 is 24.5 Å². The molecule has 0 saturated carbocycles. The lowest BCUT2D eigenvalue weighted by Crippen LogP contribution is -2.22. The molecule has 0 fully saturated rings. The van der Waals surface area contributed by atoms with Crippen LogP contribution in [0.15, 0.2) is 54.6 Å². The first-order valence-corrected chi connectivity index (χ1v) is 10.2. The number of carbonyl (C=O) groups is 2. The van der Waals surface area contributed by atoms with Gasteiger partial charge in [0.2, 0.25) is 0 Å². The lowest BCUT2D eigenvalue weighted by molar-refractivity contribution is -0.131. The van der Waals surface area contributed by atoms with Gasteiger partial charge in [-0.25, -0.2) is 9.59 Å². The van der Waals surface area contributed by atoms with Gasteiger partial charge in [-0.05, 0) is 83.8 Å². The maximum absolute atomic E-state index is 12.5. The van der Waals surface area contributed by atoms with Crippen LogP contribution >= 0.6 is 22.6 Å². The summed E-state index contributed by atoms with van der Waals surface area (Å²) in [5, 5.41) is 30.5. The molecule has 7 nitrogen and oxygen atoms in total. The number of hydrogen-bond donors (Lipinski definition) is 3. The Morgan fingerprint density at radius 3 is 2.60 bits per heavy atom. The van der Waals surface area contributed by atoms with E-state index in [1.807, 2.05) is 13.0 Å². The van der Waals surface area contributed by atoms with Gasteiger partial charge in [-0.15, -0.1) is 0 Å². The summed E-state index contributed by atoms with van der Waals surface area (Å²) in [6.07, 6.45) is 2.20. The number of allylic oxidation sites excluding steroid dienone is 1. The van der Waals surface area contributed by atoms with Crippen molar-refractivity contribution in [3.63, 3.8) is 0 Å². The van der Waals surface area contributed by atoms with Gasteiger partial charge in [0.15, 0.2) is 0 Å². The van der Waals surface area contributed by atoms with E-state index in [1.54, 1.807) is 48.5 Å². The fourth-order valence-electron chi connectivity index (χ4n) is 2.82. The molecule has 0 aliphatic carbocycles. The van der Waals surface area contributed by atoms with Crippen LogP contribution in [-0.4, -0.2) is 22.3 Å². The van der Waals surface area contributed by atoms with E-state index in [0.29, 0.717) is 29.7 Å². The number of carbonyl (C=O) groups excluding carboxylic acids is 1. The minimum atomic E-state index is -1.02. The molecule has 30 heavy (non-hydrogen) atoms. The molecular weight excluding hydrogens is 499 g/mol. The number of nitrogens with one attached hydrogen (secondary N) is 1. The number of halogens is 1. The number of benzene rings is 2. The van der Waals surface area contributed by atoms with Gasteiger partial charge in [0.1, 0.15) is 11.9 Å². The average Bonchev–Trinajstić information content (AvgIpc) is 2.71. The van der Waals surface area contributed by atoms with Gasteiger partial charge in [0, 0.05) is 20.9 Å². The summed E-state index contributed by atoms with van der Waals surface area (Å²) in [5.41, 5.74) is 1.42. The predicted molar refractivity (Wildman–Crippen MR) is 120 cm³/mol. The van der Waals surface area contributed by atoms with E-state index in [9.17, 15) is 14.7 Å². The number of phenols is 1. The first-order chi connectivity index (χ1) is 14.3. The number of aliphatic carboxylic acids is 1. The minimum absolute atomic E-state index is 0.0134. The van der Waals surface area contributed by atoms with Crippen molar-refractivity contribution in [2.45, 2.75) is 25.9 Å². The Morgan fingerprint density at radius 2 is 1.97 bits per heavy atom. The monoisotopic (exact) mass is 520 g/mol. The van der Waals surface area contributed by atoms with Crippen LogP contribution in [-0.2, 0) is 9.53 Å². The third-order valence-electron chi connectivity index (χ3n) is 4.36. The van der Waals surface area contributed by atoms with Crippen molar-refractivity contribution in [2.75, 3.05) is 5.32 Å². The van der Waals surface area contributed by atoms with Gasteiger partial charge in [-0.3, -0.25) is 5.32 Å². The summed E-state index contributed by atoms with van der Waals surface area (Å²) < 4.78 is 6.53. The van der Waals surface area contributed by atoms with E-state index in [4.69, 9.17) is 15.1 Å². The van der Waals surface area contributed by atoms with Gasteiger partial charge in [0.25, 0.3) is 0 Å². The van der Waals surface area contributed by atoms with Crippen molar-refractivity contribution in [2.24, 2.45) is 5.92 Å². The number of phenolic OH excluding ortho intramolecular Hbond substituents is 1. The van der Waals surface area contributed by atoms with Crippen LogP contribution in [0, 0.1) is 20.8 Å². The first kappa shape index (κ1) is 23.2. The van der Waals surface area contributed by atoms with E-state index in [1.165, 1.54) is 0 Å². The lowest BCUT2D eigenvalue weighted by Gasteiger charge is -2.25. The molecule has 2 rings (SSSR count). The number of nitrogens with zero attached hydrogens (tertiary/aromatic N) is 1. The number of carboxylic acid groups (broad SMARTS) is 1. The average molecular weight is 520 g/mol. The van der Waals surface area contributed by atoms with Crippen molar-refractivity contribution in [3.05, 3.63) is 69.3 Å². The molecule has 0 saturated heterocycles. The molecule has 0 radical (unpaired) electrons. The highest BCUT2D eigenvalue weighted by molar-refractivity contribution is 14.1. The Kier molecular flexibility index (Phi) is 8.68. The van der Waals surface area contributed by atoms with Crippen LogP contribution in [0.25, 0.3) is 0 Å². The van der Waals surface area contributed by atoms with Gasteiger partial charge in [0.05, 0.1) is 11.6 Å². The van der Waals surface area contributed by atoms with Crippen LogP contribution in [0.4, 0.5) is 10.5 Å². The van der Waals surface area contributed by atoms with E-state index in [2.05, 4.69) is 27.9 Å². The molecule has 0 spiro atoms. The van der Waals surface area contributed by atoms with Crippen LogP contribution in [0.3, 0.4) is 0 Å². The molecule has 2 atom stereocenters. The fourth-order valence-corrected chi connectivity index (χ4v) is 3.34. The molecule has 8 heteroatoms. The molecule has 1 amide bonds. The summed E-state index contributed by atoms with van der Waals surface area (Å²) in [6, 6.07) is 13.4. The Hall–Kier alpha value is -3.06. The molecule has 156 valence electrons. The summed E-state index contributed by atoms with van der Waals surface area (Å²) in [5.74, 6) is -1.20. The number of hydrogen-bond acceptors (Lipinski definition) is 5. The first-order valence-electron chi connectivity index (χ1n) is 9.16. The maximum Gasteiger partial charge on any atom is 0.412 e. The molecule has 3 N–H and O–H groups in total. The van der Waals surface area contributed by atoms with Crippen LogP contribution in [0.5, 0.6) is 5.75 Å². The number of anilines is 1. The van der Waals surface area contributed by atoms with E-state index in [0.717, 1.165) is 9.65 Å². The number of aromatic hydroxyl groups is 1. The molecule has 0 heterocycles. The van der Waals surface area contributed by atoms with Crippen molar-refractivity contribution in [3.8, 4) is 11.8 Å². The van der Waals surface area contributed by atoms with Crippen LogP contribution in [0.2, 0.25) is 0 Å². The normalized spacial score (nSPS) is 12.7. The molecule has 0 unspecified atom stereocenters. The van der Waals surface area contributed by atoms with Crippen molar-refractivity contribution >= 4 is 40.3 Å².